The number of aryl methyl sites for hydroxylation is 1. The second-order valence-electron chi connectivity index (χ2n) is 6.09. The number of hydrogen-bond donors (Lipinski definition) is 1. The van der Waals surface area contributed by atoms with E-state index in [-0.39, 0.29) is 36.5 Å². The molecule has 0 saturated carbocycles. The molecule has 0 aliphatic carbocycles. The number of anilines is 1. The minimum Gasteiger partial charge on any atom is -0.352 e. The van der Waals surface area contributed by atoms with E-state index < -0.39 is 0 Å². The number of nitrogens with one attached hydrogen (secondary N) is 1. The van der Waals surface area contributed by atoms with Crippen LogP contribution >= 0.6 is 0 Å². The molecule has 3 rings (SSSR count). The highest BCUT2D eigenvalue weighted by Crippen LogP contribution is 2.25. The quantitative estimate of drug-likeness (QED) is 0.939. The summed E-state index contributed by atoms with van der Waals surface area (Å²) in [6.07, 6.45) is 0.197. The monoisotopic (exact) mass is 326 g/mol. The van der Waals surface area contributed by atoms with Crippen molar-refractivity contribution in [2.75, 3.05) is 11.4 Å². The predicted octanol–water partition coefficient (Wildman–Crippen LogP) is 2.80. The Balaban J connectivity index is 1.61. The van der Waals surface area contributed by atoms with Crippen molar-refractivity contribution in [2.45, 2.75) is 19.9 Å². The molecule has 0 bridgehead atoms. The van der Waals surface area contributed by atoms with Gasteiger partial charge in [-0.25, -0.2) is 4.39 Å². The smallest absolute Gasteiger partial charge is 0.227 e. The van der Waals surface area contributed by atoms with Gasteiger partial charge in [-0.05, 0) is 42.3 Å². The molecule has 5 heteroatoms. The Kier molecular flexibility index (Phi) is 4.60. The molecular weight excluding hydrogens is 307 g/mol. The molecule has 1 aliphatic heterocycles. The summed E-state index contributed by atoms with van der Waals surface area (Å²) in [5, 5.41) is 2.79. The molecule has 1 saturated heterocycles. The van der Waals surface area contributed by atoms with Gasteiger partial charge in [0.25, 0.3) is 0 Å². The van der Waals surface area contributed by atoms with Crippen LogP contribution in [0, 0.1) is 18.7 Å². The minimum atomic E-state index is -0.383. The molecule has 0 aromatic heterocycles. The normalized spacial score (nSPS) is 17.2. The lowest BCUT2D eigenvalue weighted by Crippen LogP contribution is -2.32. The zero-order valence-electron chi connectivity index (χ0n) is 13.5. The van der Waals surface area contributed by atoms with Crippen molar-refractivity contribution < 1.29 is 14.0 Å². The number of carbonyl (C=O) groups excluding carboxylic acids is 2. The van der Waals surface area contributed by atoms with E-state index in [1.54, 1.807) is 17.0 Å². The van der Waals surface area contributed by atoms with Crippen LogP contribution in [0.15, 0.2) is 48.5 Å². The average Bonchev–Trinajstić information content (AvgIpc) is 2.95. The summed E-state index contributed by atoms with van der Waals surface area (Å²) >= 11 is 0. The van der Waals surface area contributed by atoms with Gasteiger partial charge in [0.15, 0.2) is 0 Å². The molecular formula is C19H19FN2O2. The number of benzene rings is 2. The SMILES string of the molecule is Cc1cccc(N2CC(C(=O)NCc3cccc(F)c3)CC2=O)c1. The van der Waals surface area contributed by atoms with Gasteiger partial charge in [0.1, 0.15) is 5.82 Å². The van der Waals surface area contributed by atoms with Crippen molar-refractivity contribution in [2.24, 2.45) is 5.92 Å². The van der Waals surface area contributed by atoms with Gasteiger partial charge >= 0.3 is 0 Å². The van der Waals surface area contributed by atoms with Crippen LogP contribution in [-0.2, 0) is 16.1 Å². The number of nitrogens with zero attached hydrogens (tertiary/aromatic N) is 1. The van der Waals surface area contributed by atoms with Crippen LogP contribution in [0.1, 0.15) is 17.5 Å². The molecule has 4 nitrogen and oxygen atoms in total. The van der Waals surface area contributed by atoms with Gasteiger partial charge in [0, 0.05) is 25.2 Å². The zero-order valence-corrected chi connectivity index (χ0v) is 13.5. The molecule has 0 spiro atoms. The van der Waals surface area contributed by atoms with Gasteiger partial charge in [-0.15, -0.1) is 0 Å². The first-order valence-electron chi connectivity index (χ1n) is 7.92. The molecule has 1 atom stereocenters. The van der Waals surface area contributed by atoms with Crippen LogP contribution < -0.4 is 10.2 Å². The second kappa shape index (κ2) is 6.83. The summed E-state index contributed by atoms with van der Waals surface area (Å²) in [4.78, 5) is 26.2. The number of rotatable bonds is 4. The minimum absolute atomic E-state index is 0.0495. The summed E-state index contributed by atoms with van der Waals surface area (Å²) in [6, 6.07) is 13.8. The predicted molar refractivity (Wildman–Crippen MR) is 89.9 cm³/mol. The van der Waals surface area contributed by atoms with E-state index >= 15 is 0 Å². The Morgan fingerprint density at radius 3 is 2.79 bits per heavy atom. The highest BCUT2D eigenvalue weighted by atomic mass is 19.1. The highest BCUT2D eigenvalue weighted by molar-refractivity contribution is 6.00. The van der Waals surface area contributed by atoms with Crippen LogP contribution in [0.3, 0.4) is 0 Å². The summed E-state index contributed by atoms with van der Waals surface area (Å²) in [7, 11) is 0. The third-order valence-electron chi connectivity index (χ3n) is 4.16. The highest BCUT2D eigenvalue weighted by Gasteiger charge is 2.34. The Morgan fingerprint density at radius 2 is 2.04 bits per heavy atom. The average molecular weight is 326 g/mol. The lowest BCUT2D eigenvalue weighted by molar-refractivity contribution is -0.126. The first kappa shape index (κ1) is 16.2. The molecule has 0 radical (unpaired) electrons. The van der Waals surface area contributed by atoms with Crippen LogP contribution in [0.5, 0.6) is 0 Å². The molecule has 24 heavy (non-hydrogen) atoms. The summed E-state index contributed by atoms with van der Waals surface area (Å²) < 4.78 is 13.2. The fourth-order valence-corrected chi connectivity index (χ4v) is 2.91. The van der Waals surface area contributed by atoms with Crippen molar-refractivity contribution in [1.82, 2.24) is 5.32 Å². The van der Waals surface area contributed by atoms with E-state index in [4.69, 9.17) is 0 Å². The maximum Gasteiger partial charge on any atom is 0.227 e. The third kappa shape index (κ3) is 3.62. The van der Waals surface area contributed by atoms with Crippen molar-refractivity contribution in [3.8, 4) is 0 Å². The lowest BCUT2D eigenvalue weighted by atomic mass is 10.1. The largest absolute Gasteiger partial charge is 0.352 e. The number of carbonyl (C=O) groups is 2. The van der Waals surface area contributed by atoms with Gasteiger partial charge in [-0.2, -0.15) is 0 Å². The Hall–Kier alpha value is -2.69. The topological polar surface area (TPSA) is 49.4 Å². The van der Waals surface area contributed by atoms with Gasteiger partial charge in [-0.3, -0.25) is 9.59 Å². The van der Waals surface area contributed by atoms with E-state index in [2.05, 4.69) is 5.32 Å². The Labute approximate surface area is 140 Å². The van der Waals surface area contributed by atoms with E-state index in [9.17, 15) is 14.0 Å². The second-order valence-corrected chi connectivity index (χ2v) is 6.09. The van der Waals surface area contributed by atoms with E-state index in [1.807, 2.05) is 31.2 Å². The first-order chi connectivity index (χ1) is 11.5. The van der Waals surface area contributed by atoms with E-state index in [1.165, 1.54) is 12.1 Å². The summed E-state index contributed by atoms with van der Waals surface area (Å²) in [6.45, 7) is 2.59. The summed E-state index contributed by atoms with van der Waals surface area (Å²) in [5.74, 6) is -0.941. The van der Waals surface area contributed by atoms with E-state index in [0.717, 1.165) is 11.3 Å². The molecule has 2 aromatic carbocycles. The fourth-order valence-electron chi connectivity index (χ4n) is 2.91. The van der Waals surface area contributed by atoms with Gasteiger partial charge < -0.3 is 10.2 Å². The first-order valence-corrected chi connectivity index (χ1v) is 7.92. The zero-order chi connectivity index (χ0) is 17.1. The van der Waals surface area contributed by atoms with Gasteiger partial charge in [0.05, 0.1) is 5.92 Å². The molecule has 1 fully saturated rings. The maximum atomic E-state index is 13.2. The van der Waals surface area contributed by atoms with Crippen LogP contribution in [0.2, 0.25) is 0 Å². The molecule has 1 heterocycles. The van der Waals surface area contributed by atoms with Crippen molar-refractivity contribution in [1.29, 1.82) is 0 Å². The van der Waals surface area contributed by atoms with Crippen molar-refractivity contribution >= 4 is 17.5 Å². The molecule has 124 valence electrons. The number of hydrogen-bond acceptors (Lipinski definition) is 2. The van der Waals surface area contributed by atoms with Crippen LogP contribution in [0.4, 0.5) is 10.1 Å². The van der Waals surface area contributed by atoms with Gasteiger partial charge in [-0.1, -0.05) is 24.3 Å². The lowest BCUT2D eigenvalue weighted by Gasteiger charge is -2.17. The third-order valence-corrected chi connectivity index (χ3v) is 4.16. The fraction of sp³-hybridized carbons (Fsp3) is 0.263. The maximum absolute atomic E-state index is 13.2. The van der Waals surface area contributed by atoms with E-state index in [0.29, 0.717) is 12.1 Å². The Bertz CT molecular complexity index is 775. The molecule has 1 N–H and O–H groups in total. The summed E-state index contributed by atoms with van der Waals surface area (Å²) in [5.41, 5.74) is 2.59. The standard InChI is InChI=1S/C19H19FN2O2/c1-13-4-2-7-17(8-13)22-12-15(10-18(22)23)19(24)21-11-14-5-3-6-16(20)9-14/h2-9,15H,10-12H2,1H3,(H,21,24). The molecule has 2 amide bonds. The molecule has 1 aliphatic rings. The number of halogens is 1. The van der Waals surface area contributed by atoms with Crippen molar-refractivity contribution in [3.63, 3.8) is 0 Å². The van der Waals surface area contributed by atoms with Crippen molar-refractivity contribution in [3.05, 3.63) is 65.5 Å². The number of amides is 2. The molecule has 1 unspecified atom stereocenters. The van der Waals surface area contributed by atoms with Crippen LogP contribution in [0.25, 0.3) is 0 Å². The Morgan fingerprint density at radius 1 is 1.25 bits per heavy atom. The van der Waals surface area contributed by atoms with Gasteiger partial charge in [0.2, 0.25) is 11.8 Å². The molecule has 2 aromatic rings. The van der Waals surface area contributed by atoms with Crippen LogP contribution in [-0.4, -0.2) is 18.4 Å².